The van der Waals surface area contributed by atoms with Crippen LogP contribution in [-0.2, 0) is 26.9 Å². The molecule has 51 heavy (non-hydrogen) atoms. The van der Waals surface area contributed by atoms with E-state index in [1.165, 1.54) is 69.4 Å². The molecule has 1 aliphatic carbocycles. The second-order valence-electron chi connectivity index (χ2n) is 16.5. The summed E-state index contributed by atoms with van der Waals surface area (Å²) in [6.07, 6.45) is 14.2. The highest BCUT2D eigenvalue weighted by Crippen LogP contribution is 2.50. The fourth-order valence-corrected chi connectivity index (χ4v) is 9.82. The number of hydrogen-bond acceptors (Lipinski definition) is 8. The molecular weight excluding hydrogens is 657 g/mol. The first-order valence-electron chi connectivity index (χ1n) is 18.9. The fraction of sp³-hybridized carbons (Fsp3) is 0.643. The molecule has 0 amide bonds. The number of hydrogen-bond donors (Lipinski definition) is 2. The highest BCUT2D eigenvalue weighted by Gasteiger charge is 2.31. The molecule has 2 aromatic carbocycles. The zero-order valence-electron chi connectivity index (χ0n) is 33.4. The van der Waals surface area contributed by atoms with Crippen LogP contribution in [0.3, 0.4) is 0 Å². The van der Waals surface area contributed by atoms with Gasteiger partial charge in [0, 0.05) is 54.1 Å². The predicted octanol–water partition coefficient (Wildman–Crippen LogP) is 8.96. The lowest BCUT2D eigenvalue weighted by atomic mass is 9.84. The highest BCUT2D eigenvalue weighted by atomic mass is 32.3. The molecule has 2 unspecified atom stereocenters. The SMILES string of the molecule is CCCCS1(C)CCN(Cc2cc(C(C)(C)C)cc(C=N)c2OC(OCC(C)=O)Oc2ccc(C(C)(C)C)cc2C=NC2CCCCC2)C1.CN. The van der Waals surface area contributed by atoms with Gasteiger partial charge in [-0.3, -0.25) is 14.7 Å². The fourth-order valence-electron chi connectivity index (χ4n) is 6.58. The van der Waals surface area contributed by atoms with Crippen LogP contribution < -0.4 is 15.2 Å². The molecule has 2 aliphatic rings. The Labute approximate surface area is 311 Å². The Bertz CT molecular complexity index is 1460. The van der Waals surface area contributed by atoms with Gasteiger partial charge in [0.2, 0.25) is 0 Å². The number of unbranched alkanes of at least 4 members (excludes halogenated alkanes) is 1. The lowest BCUT2D eigenvalue weighted by molar-refractivity contribution is -0.199. The number of aliphatic imine (C=N–C) groups is 1. The normalized spacial score (nSPS) is 20.7. The monoisotopic (exact) mass is 724 g/mol. The van der Waals surface area contributed by atoms with Crippen molar-refractivity contribution in [3.8, 4) is 11.5 Å². The number of carbonyl (C=O) groups excluding carboxylic acids is 1. The van der Waals surface area contributed by atoms with E-state index in [-0.39, 0.29) is 23.2 Å². The number of nitrogens with zero attached hydrogens (tertiary/aromatic N) is 2. The van der Waals surface area contributed by atoms with Crippen LogP contribution in [0.25, 0.3) is 0 Å². The molecule has 1 heterocycles. The molecule has 0 bridgehead atoms. The first kappa shape index (κ1) is 42.7. The average Bonchev–Trinajstić information content (AvgIpc) is 3.46. The predicted molar refractivity (Wildman–Crippen MR) is 218 cm³/mol. The van der Waals surface area contributed by atoms with E-state index in [9.17, 15) is 4.79 Å². The van der Waals surface area contributed by atoms with E-state index in [2.05, 4.69) is 83.6 Å². The van der Waals surface area contributed by atoms with Gasteiger partial charge in [-0.25, -0.2) is 10.0 Å². The number of carbonyl (C=O) groups is 1. The molecule has 0 spiro atoms. The van der Waals surface area contributed by atoms with Crippen LogP contribution in [0.5, 0.6) is 11.5 Å². The number of nitrogens with two attached hydrogens (primary N) is 1. The third kappa shape index (κ3) is 13.0. The first-order chi connectivity index (χ1) is 24.1. The maximum absolute atomic E-state index is 12.2. The average molecular weight is 725 g/mol. The summed E-state index contributed by atoms with van der Waals surface area (Å²) in [5.74, 6) is 4.70. The summed E-state index contributed by atoms with van der Waals surface area (Å²) in [4.78, 5) is 19.7. The van der Waals surface area contributed by atoms with Crippen LogP contribution in [0.4, 0.5) is 0 Å². The van der Waals surface area contributed by atoms with Crippen molar-refractivity contribution in [2.24, 2.45) is 10.7 Å². The van der Waals surface area contributed by atoms with Crippen molar-refractivity contribution < 1.29 is 19.0 Å². The minimum absolute atomic E-state index is 0.0561. The van der Waals surface area contributed by atoms with Gasteiger partial charge in [0.15, 0.2) is 5.78 Å². The van der Waals surface area contributed by atoms with Gasteiger partial charge in [-0.2, -0.15) is 0 Å². The maximum atomic E-state index is 12.2. The number of benzene rings is 2. The van der Waals surface area contributed by atoms with E-state index >= 15 is 0 Å². The summed E-state index contributed by atoms with van der Waals surface area (Å²) in [6.45, 7) is 17.4. The Morgan fingerprint density at radius 1 is 1.02 bits per heavy atom. The van der Waals surface area contributed by atoms with E-state index in [0.717, 1.165) is 42.0 Å². The standard InChI is InChI=1S/C41H63N3O4S.CH5N/c1-10-11-20-49(9)21-19-44(29-49)27-33-24-35(41(6,7)8)22-31(25-42)38(33)48-39(46-28-30(2)45)47-37-18-17-34(40(3,4)5)23-32(37)26-43-36-15-13-12-14-16-36;1-2/h17-18,22-26,36,39,42H,10-16,19-21,27-29H2,1-9H3;2H2,1H3. The largest absolute Gasteiger partial charge is 0.431 e. The Morgan fingerprint density at radius 2 is 1.69 bits per heavy atom. The molecule has 9 heteroatoms. The zero-order chi connectivity index (χ0) is 37.8. The number of ether oxygens (including phenoxy) is 3. The lowest BCUT2D eigenvalue weighted by Crippen LogP contribution is -2.31. The number of nitrogens with one attached hydrogen (secondary N) is 1. The second kappa shape index (κ2) is 19.4. The van der Waals surface area contributed by atoms with Gasteiger partial charge in [-0.05, 0) is 91.2 Å². The molecule has 1 saturated heterocycles. The molecule has 2 fully saturated rings. The Hall–Kier alpha value is -2.72. The van der Waals surface area contributed by atoms with Crippen LogP contribution in [0, 0.1) is 5.41 Å². The van der Waals surface area contributed by atoms with Crippen LogP contribution in [0.1, 0.15) is 128 Å². The van der Waals surface area contributed by atoms with Crippen LogP contribution in [0.2, 0.25) is 0 Å². The van der Waals surface area contributed by atoms with Crippen molar-refractivity contribution in [1.29, 1.82) is 5.41 Å². The van der Waals surface area contributed by atoms with Crippen LogP contribution in [0.15, 0.2) is 35.3 Å². The minimum Gasteiger partial charge on any atom is -0.431 e. The van der Waals surface area contributed by atoms with Crippen molar-refractivity contribution in [2.45, 2.75) is 130 Å². The first-order valence-corrected chi connectivity index (χ1v) is 21.5. The topological polar surface area (TPSA) is 110 Å². The van der Waals surface area contributed by atoms with Gasteiger partial charge in [-0.1, -0.05) is 86.3 Å². The highest BCUT2D eigenvalue weighted by molar-refractivity contribution is 8.33. The Kier molecular flexibility index (Phi) is 16.2. The summed E-state index contributed by atoms with van der Waals surface area (Å²) >= 11 is 0. The molecule has 1 aliphatic heterocycles. The van der Waals surface area contributed by atoms with Gasteiger partial charge in [0.25, 0.3) is 0 Å². The van der Waals surface area contributed by atoms with Gasteiger partial charge in [0.1, 0.15) is 18.1 Å². The summed E-state index contributed by atoms with van der Waals surface area (Å²) in [5.41, 5.74) is 9.20. The molecule has 2 aromatic rings. The molecule has 2 atom stereocenters. The smallest absolute Gasteiger partial charge is 0.361 e. The van der Waals surface area contributed by atoms with Crippen molar-refractivity contribution >= 4 is 28.2 Å². The third-order valence-electron chi connectivity index (χ3n) is 9.73. The van der Waals surface area contributed by atoms with E-state index < -0.39 is 16.5 Å². The van der Waals surface area contributed by atoms with Gasteiger partial charge < -0.3 is 25.4 Å². The summed E-state index contributed by atoms with van der Waals surface area (Å²) < 4.78 is 19.2. The minimum atomic E-state index is -1.21. The Balaban J connectivity index is 0.00000345. The lowest BCUT2D eigenvalue weighted by Gasteiger charge is -2.31. The van der Waals surface area contributed by atoms with Crippen LogP contribution in [-0.4, -0.2) is 79.5 Å². The van der Waals surface area contributed by atoms with E-state index in [1.54, 1.807) is 0 Å². The van der Waals surface area contributed by atoms with E-state index in [4.69, 9.17) is 24.6 Å². The molecule has 8 nitrogen and oxygen atoms in total. The molecular formula is C42H68N4O4S. The van der Waals surface area contributed by atoms with Gasteiger partial charge in [0.05, 0.1) is 0 Å². The summed E-state index contributed by atoms with van der Waals surface area (Å²) in [7, 11) is 0.824. The number of rotatable bonds is 15. The van der Waals surface area contributed by atoms with Gasteiger partial charge in [-0.15, -0.1) is 0 Å². The number of Topliss-reactive ketones (excluding diaryl/α,β-unsaturated/α-hetero) is 1. The van der Waals surface area contributed by atoms with Crippen molar-refractivity contribution in [3.05, 3.63) is 58.1 Å². The molecule has 286 valence electrons. The maximum Gasteiger partial charge on any atom is 0.361 e. The third-order valence-corrected chi connectivity index (χ3v) is 13.2. The number of ketones is 1. The van der Waals surface area contributed by atoms with Crippen molar-refractivity contribution in [2.75, 3.05) is 43.8 Å². The molecule has 1 saturated carbocycles. The van der Waals surface area contributed by atoms with E-state index in [0.29, 0.717) is 29.6 Å². The molecule has 4 rings (SSSR count). The second-order valence-corrected chi connectivity index (χ2v) is 20.5. The zero-order valence-corrected chi connectivity index (χ0v) is 34.2. The molecule has 0 aromatic heterocycles. The van der Waals surface area contributed by atoms with Crippen molar-refractivity contribution in [3.63, 3.8) is 0 Å². The summed E-state index contributed by atoms with van der Waals surface area (Å²) in [6, 6.07) is 10.8. The van der Waals surface area contributed by atoms with Crippen LogP contribution >= 0.6 is 10.0 Å². The summed E-state index contributed by atoms with van der Waals surface area (Å²) in [5, 5.41) is 8.44. The molecule has 3 N–H and O–H groups in total. The van der Waals surface area contributed by atoms with Crippen molar-refractivity contribution in [1.82, 2.24) is 4.90 Å². The van der Waals surface area contributed by atoms with Gasteiger partial charge >= 0.3 is 6.48 Å². The quantitative estimate of drug-likeness (QED) is 0.140. The molecule has 0 radical (unpaired) electrons. The Morgan fingerprint density at radius 3 is 2.29 bits per heavy atom. The van der Waals surface area contributed by atoms with E-state index in [1.807, 2.05) is 18.3 Å².